The molecular weight excluding hydrogens is 342 g/mol. The van der Waals surface area contributed by atoms with E-state index in [2.05, 4.69) is 10.3 Å². The number of amides is 1. The molecule has 0 spiro atoms. The van der Waals surface area contributed by atoms with Crippen LogP contribution < -0.4 is 16.6 Å². The van der Waals surface area contributed by atoms with E-state index in [0.29, 0.717) is 16.4 Å². The van der Waals surface area contributed by atoms with E-state index in [0.717, 1.165) is 16.3 Å². The molecule has 0 saturated heterocycles. The molecule has 0 aliphatic carbocycles. The van der Waals surface area contributed by atoms with Crippen molar-refractivity contribution in [2.24, 2.45) is 0 Å². The van der Waals surface area contributed by atoms with Gasteiger partial charge in [-0.3, -0.25) is 9.59 Å². The normalized spacial score (nSPS) is 10.5. The first-order valence-corrected chi connectivity index (χ1v) is 7.82. The predicted octanol–water partition coefficient (Wildman–Crippen LogP) is 2.74. The number of carbonyl (C=O) groups is 1. The monoisotopic (exact) mass is 355 g/mol. The Kier molecular flexibility index (Phi) is 4.54. The number of rotatable bonds is 3. The minimum Gasteiger partial charge on any atom is -0.322 e. The third kappa shape index (κ3) is 3.54. The fraction of sp³-hybridized carbons (Fsp3) is 0.0556. The summed E-state index contributed by atoms with van der Waals surface area (Å²) in [4.78, 5) is 39.5. The molecule has 0 saturated carbocycles. The number of aromatic amines is 1. The second kappa shape index (κ2) is 6.78. The van der Waals surface area contributed by atoms with Crippen LogP contribution in [0.1, 0.15) is 15.9 Å². The standard InChI is InChI=1S/C18H14ClN3O3/c1-11-3-2-4-13(9-11)21-16(23)15-10-20-18(25)22(17(15)24)14-7-5-12(19)6-8-14/h2-10H,1H3,(H,20,25)(H,21,23). The maximum Gasteiger partial charge on any atom is 0.333 e. The minimum atomic E-state index is -0.712. The largest absolute Gasteiger partial charge is 0.333 e. The maximum atomic E-state index is 12.6. The van der Waals surface area contributed by atoms with E-state index < -0.39 is 17.2 Å². The number of H-pyrrole nitrogens is 1. The Morgan fingerprint density at radius 2 is 1.84 bits per heavy atom. The van der Waals surface area contributed by atoms with Gasteiger partial charge < -0.3 is 10.3 Å². The van der Waals surface area contributed by atoms with Gasteiger partial charge in [0.15, 0.2) is 0 Å². The third-order valence-electron chi connectivity index (χ3n) is 3.58. The molecule has 0 radical (unpaired) electrons. The first kappa shape index (κ1) is 16.7. The number of halogens is 1. The first-order valence-electron chi connectivity index (χ1n) is 7.44. The van der Waals surface area contributed by atoms with Crippen LogP contribution in [0.5, 0.6) is 0 Å². The topological polar surface area (TPSA) is 84.0 Å². The molecule has 0 fully saturated rings. The molecule has 3 rings (SSSR count). The van der Waals surface area contributed by atoms with Gasteiger partial charge in [0.2, 0.25) is 0 Å². The van der Waals surface area contributed by atoms with Crippen LogP contribution in [0.2, 0.25) is 5.02 Å². The Morgan fingerprint density at radius 1 is 1.12 bits per heavy atom. The van der Waals surface area contributed by atoms with E-state index >= 15 is 0 Å². The molecule has 7 heteroatoms. The van der Waals surface area contributed by atoms with E-state index in [1.54, 1.807) is 30.3 Å². The van der Waals surface area contributed by atoms with Crippen molar-refractivity contribution >= 4 is 23.2 Å². The van der Waals surface area contributed by atoms with Crippen molar-refractivity contribution < 1.29 is 4.79 Å². The van der Waals surface area contributed by atoms with Crippen molar-refractivity contribution in [3.63, 3.8) is 0 Å². The molecule has 2 N–H and O–H groups in total. The van der Waals surface area contributed by atoms with Gasteiger partial charge in [0.25, 0.3) is 11.5 Å². The summed E-state index contributed by atoms with van der Waals surface area (Å²) < 4.78 is 0.890. The Balaban J connectivity index is 2.02. The molecule has 0 aliphatic rings. The number of carbonyl (C=O) groups excluding carboxylic acids is 1. The van der Waals surface area contributed by atoms with Crippen molar-refractivity contribution in [3.05, 3.63) is 91.7 Å². The molecule has 126 valence electrons. The zero-order valence-corrected chi connectivity index (χ0v) is 14.0. The maximum absolute atomic E-state index is 12.6. The number of aromatic nitrogens is 2. The summed E-state index contributed by atoms with van der Waals surface area (Å²) in [5, 5.41) is 3.13. The number of anilines is 1. The quantitative estimate of drug-likeness (QED) is 0.757. The molecule has 0 atom stereocenters. The molecule has 1 aromatic heterocycles. The first-order chi connectivity index (χ1) is 12.0. The summed E-state index contributed by atoms with van der Waals surface area (Å²) in [6, 6.07) is 13.4. The summed E-state index contributed by atoms with van der Waals surface area (Å²) in [6.07, 6.45) is 1.11. The van der Waals surface area contributed by atoms with Crippen LogP contribution in [0, 0.1) is 6.92 Å². The molecule has 2 aromatic carbocycles. The summed E-state index contributed by atoms with van der Waals surface area (Å²) >= 11 is 5.83. The van der Waals surface area contributed by atoms with E-state index in [-0.39, 0.29) is 5.56 Å². The molecule has 1 amide bonds. The number of hydrogen-bond acceptors (Lipinski definition) is 3. The molecule has 0 bridgehead atoms. The minimum absolute atomic E-state index is 0.170. The molecule has 0 aliphatic heterocycles. The average Bonchev–Trinajstić information content (AvgIpc) is 2.56. The van der Waals surface area contributed by atoms with Crippen LogP contribution in [0.25, 0.3) is 5.69 Å². The van der Waals surface area contributed by atoms with Crippen molar-refractivity contribution in [1.82, 2.24) is 9.55 Å². The van der Waals surface area contributed by atoms with Crippen molar-refractivity contribution in [2.75, 3.05) is 5.32 Å². The fourth-order valence-electron chi connectivity index (χ4n) is 2.38. The Hall–Kier alpha value is -3.12. The lowest BCUT2D eigenvalue weighted by Gasteiger charge is -2.08. The van der Waals surface area contributed by atoms with Gasteiger partial charge in [-0.2, -0.15) is 0 Å². The van der Waals surface area contributed by atoms with Gasteiger partial charge in [0, 0.05) is 16.9 Å². The van der Waals surface area contributed by atoms with Gasteiger partial charge in [0.05, 0.1) is 5.69 Å². The fourth-order valence-corrected chi connectivity index (χ4v) is 2.51. The van der Waals surface area contributed by atoms with Crippen LogP contribution in [0.3, 0.4) is 0 Å². The van der Waals surface area contributed by atoms with E-state index in [9.17, 15) is 14.4 Å². The molecular formula is C18H14ClN3O3. The smallest absolute Gasteiger partial charge is 0.322 e. The zero-order valence-electron chi connectivity index (χ0n) is 13.2. The van der Waals surface area contributed by atoms with Gasteiger partial charge in [-0.05, 0) is 48.9 Å². The number of benzene rings is 2. The number of hydrogen-bond donors (Lipinski definition) is 2. The van der Waals surface area contributed by atoms with Crippen molar-refractivity contribution in [1.29, 1.82) is 0 Å². The van der Waals surface area contributed by atoms with Gasteiger partial charge in [0.1, 0.15) is 5.56 Å². The van der Waals surface area contributed by atoms with E-state index in [1.807, 2.05) is 13.0 Å². The highest BCUT2D eigenvalue weighted by Gasteiger charge is 2.16. The number of nitrogens with one attached hydrogen (secondary N) is 2. The Labute approximate surface area is 147 Å². The molecule has 25 heavy (non-hydrogen) atoms. The summed E-state index contributed by atoms with van der Waals surface area (Å²) in [5.41, 5.74) is 0.332. The number of aryl methyl sites for hydroxylation is 1. The summed E-state index contributed by atoms with van der Waals surface area (Å²) in [6.45, 7) is 1.89. The lowest BCUT2D eigenvalue weighted by Crippen LogP contribution is -2.38. The lowest BCUT2D eigenvalue weighted by atomic mass is 10.2. The summed E-state index contributed by atoms with van der Waals surface area (Å²) in [5.74, 6) is -0.602. The Morgan fingerprint density at radius 3 is 2.52 bits per heavy atom. The van der Waals surface area contributed by atoms with Gasteiger partial charge in [-0.15, -0.1) is 0 Å². The Bertz CT molecular complexity index is 1050. The van der Waals surface area contributed by atoms with Crippen molar-refractivity contribution in [2.45, 2.75) is 6.92 Å². The van der Waals surface area contributed by atoms with Gasteiger partial charge >= 0.3 is 5.69 Å². The van der Waals surface area contributed by atoms with Gasteiger partial charge in [-0.25, -0.2) is 9.36 Å². The van der Waals surface area contributed by atoms with Crippen LogP contribution in [-0.4, -0.2) is 15.5 Å². The molecule has 3 aromatic rings. The summed E-state index contributed by atoms with van der Waals surface area (Å²) in [7, 11) is 0. The highest BCUT2D eigenvalue weighted by atomic mass is 35.5. The highest BCUT2D eigenvalue weighted by Crippen LogP contribution is 2.12. The van der Waals surface area contributed by atoms with Crippen LogP contribution in [0.4, 0.5) is 5.69 Å². The predicted molar refractivity (Wildman–Crippen MR) is 96.8 cm³/mol. The second-order valence-corrected chi connectivity index (χ2v) is 5.88. The SMILES string of the molecule is Cc1cccc(NC(=O)c2c[nH]c(=O)n(-c3ccc(Cl)cc3)c2=O)c1. The van der Waals surface area contributed by atoms with E-state index in [1.165, 1.54) is 12.1 Å². The molecule has 1 heterocycles. The average molecular weight is 356 g/mol. The van der Waals surface area contributed by atoms with Crippen molar-refractivity contribution in [3.8, 4) is 5.69 Å². The second-order valence-electron chi connectivity index (χ2n) is 5.45. The van der Waals surface area contributed by atoms with Gasteiger partial charge in [-0.1, -0.05) is 23.7 Å². The molecule has 6 nitrogen and oxygen atoms in total. The van der Waals surface area contributed by atoms with E-state index in [4.69, 9.17) is 11.6 Å². The van der Waals surface area contributed by atoms with Crippen LogP contribution in [0.15, 0.2) is 64.3 Å². The molecule has 0 unspecified atom stereocenters. The number of nitrogens with zero attached hydrogens (tertiary/aromatic N) is 1. The lowest BCUT2D eigenvalue weighted by molar-refractivity contribution is 0.102. The highest BCUT2D eigenvalue weighted by molar-refractivity contribution is 6.30. The third-order valence-corrected chi connectivity index (χ3v) is 3.83. The van der Waals surface area contributed by atoms with Crippen LogP contribution in [-0.2, 0) is 0 Å². The zero-order chi connectivity index (χ0) is 18.0. The van der Waals surface area contributed by atoms with Crippen LogP contribution >= 0.6 is 11.6 Å².